The Labute approximate surface area is 53.2 Å². The van der Waals surface area contributed by atoms with Crippen LogP contribution in [0.4, 0.5) is 4.79 Å². The number of primary amides is 1. The average molecular weight is 128 g/mol. The summed E-state index contributed by atoms with van der Waals surface area (Å²) in [5, 5.41) is 8.07. The predicted molar refractivity (Wildman–Crippen MR) is 30.4 cm³/mol. The first-order valence-electron chi connectivity index (χ1n) is 2.50. The molecule has 0 aliphatic rings. The first-order valence-corrected chi connectivity index (χ1v) is 2.50. The number of ether oxygens (including phenoxy) is 1. The third kappa shape index (κ3) is 4.62. The molecule has 0 heterocycles. The third-order valence-electron chi connectivity index (χ3n) is 0.696. The van der Waals surface area contributed by atoms with E-state index in [0.717, 1.165) is 0 Å². The highest BCUT2D eigenvalue weighted by molar-refractivity contribution is 5.64. The number of nitriles is 1. The van der Waals surface area contributed by atoms with Gasteiger partial charge in [0.05, 0.1) is 12.5 Å². The number of amides is 1. The minimum Gasteiger partial charge on any atom is -0.446 e. The number of hydrogen-bond acceptors (Lipinski definition) is 3. The molecule has 0 spiro atoms. The molecule has 50 valence electrons. The van der Waals surface area contributed by atoms with Gasteiger partial charge in [0.2, 0.25) is 0 Å². The van der Waals surface area contributed by atoms with Gasteiger partial charge in [0.1, 0.15) is 6.10 Å². The molecule has 1 amide bonds. The summed E-state index contributed by atoms with van der Waals surface area (Å²) in [5.74, 6) is 0. The normalized spacial score (nSPS) is 11.6. The van der Waals surface area contributed by atoms with Gasteiger partial charge in [-0.15, -0.1) is 0 Å². The van der Waals surface area contributed by atoms with Gasteiger partial charge in [-0.3, -0.25) is 0 Å². The molecule has 9 heavy (non-hydrogen) atoms. The average Bonchev–Trinajstić information content (AvgIpc) is 1.63. The number of hydrogen-bond donors (Lipinski definition) is 1. The smallest absolute Gasteiger partial charge is 0.404 e. The molecule has 0 radical (unpaired) electrons. The van der Waals surface area contributed by atoms with Crippen LogP contribution in [-0.2, 0) is 4.74 Å². The van der Waals surface area contributed by atoms with Gasteiger partial charge >= 0.3 is 6.09 Å². The van der Waals surface area contributed by atoms with Crippen LogP contribution in [0.3, 0.4) is 0 Å². The third-order valence-corrected chi connectivity index (χ3v) is 0.696. The highest BCUT2D eigenvalue weighted by Gasteiger charge is 2.02. The van der Waals surface area contributed by atoms with E-state index in [1.165, 1.54) is 0 Å². The number of rotatable bonds is 2. The molecule has 0 saturated carbocycles. The molecular formula is C5H8N2O2. The van der Waals surface area contributed by atoms with Crippen molar-refractivity contribution in [3.8, 4) is 6.07 Å². The number of carbonyl (C=O) groups excluding carboxylic acids is 1. The van der Waals surface area contributed by atoms with Gasteiger partial charge in [0.25, 0.3) is 0 Å². The van der Waals surface area contributed by atoms with Crippen molar-refractivity contribution >= 4 is 6.09 Å². The number of nitrogens with two attached hydrogens (primary N) is 1. The van der Waals surface area contributed by atoms with Crippen LogP contribution < -0.4 is 5.73 Å². The summed E-state index contributed by atoms with van der Waals surface area (Å²) in [5.41, 5.74) is 4.65. The van der Waals surface area contributed by atoms with E-state index in [2.05, 4.69) is 10.5 Å². The van der Waals surface area contributed by atoms with Crippen molar-refractivity contribution in [2.45, 2.75) is 19.4 Å². The highest BCUT2D eigenvalue weighted by atomic mass is 16.6. The molecule has 0 bridgehead atoms. The lowest BCUT2D eigenvalue weighted by Crippen LogP contribution is -2.19. The van der Waals surface area contributed by atoms with Gasteiger partial charge in [0.15, 0.2) is 0 Å². The summed E-state index contributed by atoms with van der Waals surface area (Å²) >= 11 is 0. The lowest BCUT2D eigenvalue weighted by Gasteiger charge is -2.04. The summed E-state index contributed by atoms with van der Waals surface area (Å²) in [6, 6.07) is 1.84. The number of carbonyl (C=O) groups is 1. The fraction of sp³-hybridized carbons (Fsp3) is 0.600. The van der Waals surface area contributed by atoms with Gasteiger partial charge in [-0.1, -0.05) is 0 Å². The van der Waals surface area contributed by atoms with E-state index in [0.29, 0.717) is 0 Å². The zero-order valence-corrected chi connectivity index (χ0v) is 5.13. The summed E-state index contributed by atoms with van der Waals surface area (Å²) in [4.78, 5) is 9.98. The van der Waals surface area contributed by atoms with Crippen molar-refractivity contribution in [2.75, 3.05) is 0 Å². The summed E-state index contributed by atoms with van der Waals surface area (Å²) < 4.78 is 4.41. The number of nitrogens with zero attached hydrogens (tertiary/aromatic N) is 1. The summed E-state index contributed by atoms with van der Waals surface area (Å²) in [6.07, 6.45) is -1.05. The molecule has 1 atom stereocenters. The molecule has 0 rings (SSSR count). The minimum atomic E-state index is -0.835. The first kappa shape index (κ1) is 7.76. The van der Waals surface area contributed by atoms with Crippen molar-refractivity contribution in [3.63, 3.8) is 0 Å². The van der Waals surface area contributed by atoms with Gasteiger partial charge in [-0.05, 0) is 6.92 Å². The van der Waals surface area contributed by atoms with Crippen LogP contribution in [0.15, 0.2) is 0 Å². The van der Waals surface area contributed by atoms with Crippen molar-refractivity contribution in [2.24, 2.45) is 5.73 Å². The monoisotopic (exact) mass is 128 g/mol. The zero-order valence-electron chi connectivity index (χ0n) is 5.13. The highest BCUT2D eigenvalue weighted by Crippen LogP contribution is 1.93. The second kappa shape index (κ2) is 3.72. The van der Waals surface area contributed by atoms with E-state index < -0.39 is 12.2 Å². The summed E-state index contributed by atoms with van der Waals surface area (Å²) in [6.45, 7) is 1.61. The second-order valence-electron chi connectivity index (χ2n) is 1.61. The molecule has 0 fully saturated rings. The predicted octanol–water partition coefficient (Wildman–Crippen LogP) is 0.384. The molecule has 0 aliphatic carbocycles. The van der Waals surface area contributed by atoms with Crippen molar-refractivity contribution in [1.82, 2.24) is 0 Å². The summed E-state index contributed by atoms with van der Waals surface area (Å²) in [7, 11) is 0. The Balaban J connectivity index is 3.40. The van der Waals surface area contributed by atoms with Crippen LogP contribution in [0.25, 0.3) is 0 Å². The van der Waals surface area contributed by atoms with Crippen LogP contribution in [0.1, 0.15) is 13.3 Å². The van der Waals surface area contributed by atoms with Gasteiger partial charge in [0, 0.05) is 0 Å². The molecule has 0 aliphatic heterocycles. The Hall–Kier alpha value is -1.24. The fourth-order valence-corrected chi connectivity index (χ4v) is 0.369. The second-order valence-corrected chi connectivity index (χ2v) is 1.61. The van der Waals surface area contributed by atoms with Crippen molar-refractivity contribution in [3.05, 3.63) is 0 Å². The van der Waals surface area contributed by atoms with E-state index in [1.807, 2.05) is 6.07 Å². The van der Waals surface area contributed by atoms with E-state index >= 15 is 0 Å². The SMILES string of the molecule is CC(CC#N)OC(N)=O. The molecule has 0 aromatic heterocycles. The van der Waals surface area contributed by atoms with Crippen molar-refractivity contribution in [1.29, 1.82) is 5.26 Å². The maximum atomic E-state index is 9.98. The molecule has 0 aromatic rings. The van der Waals surface area contributed by atoms with E-state index in [9.17, 15) is 4.79 Å². The van der Waals surface area contributed by atoms with E-state index in [4.69, 9.17) is 5.26 Å². The molecular weight excluding hydrogens is 120 g/mol. The largest absolute Gasteiger partial charge is 0.446 e. The Morgan fingerprint density at radius 1 is 2.00 bits per heavy atom. The van der Waals surface area contributed by atoms with Gasteiger partial charge in [-0.25, -0.2) is 4.79 Å². The maximum Gasteiger partial charge on any atom is 0.404 e. The Morgan fingerprint density at radius 3 is 2.89 bits per heavy atom. The molecule has 2 N–H and O–H groups in total. The Kier molecular flexibility index (Phi) is 3.21. The topological polar surface area (TPSA) is 76.1 Å². The van der Waals surface area contributed by atoms with Crippen LogP contribution in [0, 0.1) is 11.3 Å². The quantitative estimate of drug-likeness (QED) is 0.584. The Morgan fingerprint density at radius 2 is 2.56 bits per heavy atom. The molecule has 4 nitrogen and oxygen atoms in total. The van der Waals surface area contributed by atoms with Crippen LogP contribution >= 0.6 is 0 Å². The standard InChI is InChI=1S/C5H8N2O2/c1-4(2-3-6)9-5(7)8/h4H,2H2,1H3,(H2,7,8). The van der Waals surface area contributed by atoms with Crippen LogP contribution in [0.2, 0.25) is 0 Å². The first-order chi connectivity index (χ1) is 4.16. The minimum absolute atomic E-state index is 0.183. The lowest BCUT2D eigenvalue weighted by atomic mass is 10.3. The maximum absolute atomic E-state index is 9.98. The zero-order chi connectivity index (χ0) is 7.28. The van der Waals surface area contributed by atoms with Gasteiger partial charge < -0.3 is 10.5 Å². The molecule has 0 saturated heterocycles. The molecule has 1 unspecified atom stereocenters. The van der Waals surface area contributed by atoms with Crippen molar-refractivity contribution < 1.29 is 9.53 Å². The molecule has 4 heteroatoms. The van der Waals surface area contributed by atoms with Crippen LogP contribution in [-0.4, -0.2) is 12.2 Å². The van der Waals surface area contributed by atoms with E-state index in [1.54, 1.807) is 6.92 Å². The Bertz CT molecular complexity index is 138. The lowest BCUT2D eigenvalue weighted by molar-refractivity contribution is 0.118. The van der Waals surface area contributed by atoms with Gasteiger partial charge in [-0.2, -0.15) is 5.26 Å². The van der Waals surface area contributed by atoms with E-state index in [-0.39, 0.29) is 6.42 Å². The van der Waals surface area contributed by atoms with Crippen LogP contribution in [0.5, 0.6) is 0 Å². The fourth-order valence-electron chi connectivity index (χ4n) is 0.369. The molecule has 0 aromatic carbocycles.